The standard InChI is InChI=1S/C29H25N3O4/c33-28(21-10-12-22(13-11-21)31-29(34)36-24-6-2-1-3-7-24)15-14-23-20-27(32-16-18-35-19-17-32)25-8-4-5-9-26(25)30-23/h1-15,20H,16-19H2,(H,31,34). The van der Waals surface area contributed by atoms with Crippen LogP contribution < -0.4 is 15.0 Å². The number of fused-ring (bicyclic) bond motifs is 1. The summed E-state index contributed by atoms with van der Waals surface area (Å²) in [6.45, 7) is 3.01. The lowest BCUT2D eigenvalue weighted by Crippen LogP contribution is -2.36. The first-order chi connectivity index (χ1) is 17.7. The van der Waals surface area contributed by atoms with Crippen LogP contribution in [0.4, 0.5) is 16.2 Å². The van der Waals surface area contributed by atoms with Gasteiger partial charge in [-0.3, -0.25) is 10.1 Å². The van der Waals surface area contributed by atoms with Gasteiger partial charge >= 0.3 is 6.09 Å². The lowest BCUT2D eigenvalue weighted by atomic mass is 10.1. The Morgan fingerprint density at radius 3 is 2.42 bits per heavy atom. The van der Waals surface area contributed by atoms with Crippen molar-refractivity contribution in [3.8, 4) is 5.75 Å². The summed E-state index contributed by atoms with van der Waals surface area (Å²) in [6, 6.07) is 25.5. The predicted molar refractivity (Wildman–Crippen MR) is 141 cm³/mol. The lowest BCUT2D eigenvalue weighted by molar-refractivity contribution is 0.104. The summed E-state index contributed by atoms with van der Waals surface area (Å²) >= 11 is 0. The van der Waals surface area contributed by atoms with E-state index in [0.717, 1.165) is 29.7 Å². The van der Waals surface area contributed by atoms with E-state index in [1.807, 2.05) is 30.3 Å². The molecule has 7 heteroatoms. The second-order valence-electron chi connectivity index (χ2n) is 8.29. The number of anilines is 2. The van der Waals surface area contributed by atoms with Crippen LogP contribution in [0, 0.1) is 0 Å². The number of ether oxygens (including phenoxy) is 2. The Hall–Kier alpha value is -4.49. The molecule has 0 radical (unpaired) electrons. The van der Waals surface area contributed by atoms with E-state index in [2.05, 4.69) is 16.3 Å². The van der Waals surface area contributed by atoms with Crippen LogP contribution in [0.3, 0.4) is 0 Å². The van der Waals surface area contributed by atoms with Gasteiger partial charge in [0.1, 0.15) is 5.75 Å². The highest BCUT2D eigenvalue weighted by molar-refractivity contribution is 6.07. The van der Waals surface area contributed by atoms with Crippen LogP contribution in [0.25, 0.3) is 17.0 Å². The number of ketones is 1. The maximum atomic E-state index is 12.8. The Morgan fingerprint density at radius 2 is 1.64 bits per heavy atom. The SMILES string of the molecule is O=C(Nc1ccc(C(=O)C=Cc2cc(N3CCOCC3)c3ccccc3n2)cc1)Oc1ccccc1. The Morgan fingerprint density at radius 1 is 0.917 bits per heavy atom. The van der Waals surface area contributed by atoms with Crippen molar-refractivity contribution in [2.24, 2.45) is 0 Å². The molecule has 180 valence electrons. The number of carbonyl (C=O) groups is 2. The van der Waals surface area contributed by atoms with Gasteiger partial charge in [-0.25, -0.2) is 9.78 Å². The number of aromatic nitrogens is 1. The Labute approximate surface area is 209 Å². The predicted octanol–water partition coefficient (Wildman–Crippen LogP) is 5.58. The van der Waals surface area contributed by atoms with Crippen molar-refractivity contribution < 1.29 is 19.1 Å². The van der Waals surface area contributed by atoms with Gasteiger partial charge in [0.25, 0.3) is 0 Å². The first-order valence-corrected chi connectivity index (χ1v) is 11.7. The van der Waals surface area contributed by atoms with Gasteiger partial charge in [0.2, 0.25) is 0 Å². The number of morpholine rings is 1. The minimum absolute atomic E-state index is 0.156. The van der Waals surface area contributed by atoms with Gasteiger partial charge in [-0.1, -0.05) is 36.4 Å². The molecule has 1 amide bonds. The summed E-state index contributed by atoms with van der Waals surface area (Å²) in [6.07, 6.45) is 2.66. The Bertz CT molecular complexity index is 1400. The molecule has 1 saturated heterocycles. The lowest BCUT2D eigenvalue weighted by Gasteiger charge is -2.30. The molecule has 1 N–H and O–H groups in total. The molecule has 5 rings (SSSR count). The first-order valence-electron chi connectivity index (χ1n) is 11.7. The van der Waals surface area contributed by atoms with Crippen molar-refractivity contribution in [1.82, 2.24) is 4.98 Å². The fraction of sp³-hybridized carbons (Fsp3) is 0.138. The van der Waals surface area contributed by atoms with Gasteiger partial charge in [0.05, 0.1) is 24.4 Å². The number of carbonyl (C=O) groups excluding carboxylic acids is 2. The summed E-state index contributed by atoms with van der Waals surface area (Å²) in [5.41, 5.74) is 3.72. The first kappa shape index (κ1) is 23.3. The van der Waals surface area contributed by atoms with Crippen LogP contribution in [-0.2, 0) is 4.74 Å². The van der Waals surface area contributed by atoms with Crippen molar-refractivity contribution in [3.63, 3.8) is 0 Å². The zero-order valence-electron chi connectivity index (χ0n) is 19.6. The molecule has 3 aromatic carbocycles. The second kappa shape index (κ2) is 10.8. The average molecular weight is 480 g/mol. The molecule has 2 heterocycles. The fourth-order valence-electron chi connectivity index (χ4n) is 4.04. The van der Waals surface area contributed by atoms with Crippen molar-refractivity contribution in [3.05, 3.63) is 102 Å². The van der Waals surface area contributed by atoms with Crippen molar-refractivity contribution in [1.29, 1.82) is 0 Å². The van der Waals surface area contributed by atoms with E-state index in [-0.39, 0.29) is 5.78 Å². The average Bonchev–Trinajstić information content (AvgIpc) is 2.92. The van der Waals surface area contributed by atoms with E-state index in [4.69, 9.17) is 14.5 Å². The number of rotatable bonds is 6. The highest BCUT2D eigenvalue weighted by atomic mass is 16.6. The number of benzene rings is 3. The molecule has 4 aromatic rings. The number of nitrogens with one attached hydrogen (secondary N) is 1. The minimum Gasteiger partial charge on any atom is -0.410 e. The molecule has 1 fully saturated rings. The number of pyridine rings is 1. The molecule has 0 unspecified atom stereocenters. The Kier molecular flexibility index (Phi) is 7.00. The quantitative estimate of drug-likeness (QED) is 0.287. The van der Waals surface area contributed by atoms with Gasteiger partial charge in [0.15, 0.2) is 5.78 Å². The van der Waals surface area contributed by atoms with Crippen LogP contribution >= 0.6 is 0 Å². The molecule has 0 bridgehead atoms. The van der Waals surface area contributed by atoms with Gasteiger partial charge in [-0.2, -0.15) is 0 Å². The van der Waals surface area contributed by atoms with E-state index in [9.17, 15) is 9.59 Å². The summed E-state index contributed by atoms with van der Waals surface area (Å²) in [4.78, 5) is 31.9. The molecule has 1 aliphatic rings. The highest BCUT2D eigenvalue weighted by Crippen LogP contribution is 2.28. The van der Waals surface area contributed by atoms with Gasteiger partial charge in [-0.05, 0) is 60.7 Å². The maximum absolute atomic E-state index is 12.8. The summed E-state index contributed by atoms with van der Waals surface area (Å²) in [7, 11) is 0. The zero-order chi connectivity index (χ0) is 24.7. The summed E-state index contributed by atoms with van der Waals surface area (Å²) < 4.78 is 10.7. The number of para-hydroxylation sites is 2. The van der Waals surface area contributed by atoms with Crippen LogP contribution in [0.2, 0.25) is 0 Å². The molecular weight excluding hydrogens is 454 g/mol. The molecule has 0 aliphatic carbocycles. The summed E-state index contributed by atoms with van der Waals surface area (Å²) in [5.74, 6) is 0.294. The smallest absolute Gasteiger partial charge is 0.410 e. The van der Waals surface area contributed by atoms with E-state index in [1.165, 1.54) is 6.08 Å². The van der Waals surface area contributed by atoms with Crippen molar-refractivity contribution >= 4 is 40.2 Å². The number of nitrogens with zero attached hydrogens (tertiary/aromatic N) is 2. The third kappa shape index (κ3) is 5.59. The van der Waals surface area contributed by atoms with E-state index in [1.54, 1.807) is 54.6 Å². The molecule has 0 spiro atoms. The third-order valence-electron chi connectivity index (χ3n) is 5.84. The van der Waals surface area contributed by atoms with E-state index < -0.39 is 6.09 Å². The summed E-state index contributed by atoms with van der Waals surface area (Å²) in [5, 5.41) is 3.74. The number of amides is 1. The van der Waals surface area contributed by atoms with E-state index in [0.29, 0.717) is 35.9 Å². The maximum Gasteiger partial charge on any atom is 0.417 e. The number of allylic oxidation sites excluding steroid dienone is 1. The molecular formula is C29H25N3O4. The molecule has 0 saturated carbocycles. The van der Waals surface area contributed by atoms with Gasteiger partial charge in [-0.15, -0.1) is 0 Å². The molecule has 7 nitrogen and oxygen atoms in total. The van der Waals surface area contributed by atoms with Crippen LogP contribution in [0.15, 0.2) is 91.0 Å². The fourth-order valence-corrected chi connectivity index (χ4v) is 4.04. The Balaban J connectivity index is 1.28. The van der Waals surface area contributed by atoms with Crippen LogP contribution in [0.1, 0.15) is 16.1 Å². The molecule has 0 atom stereocenters. The van der Waals surface area contributed by atoms with Crippen molar-refractivity contribution in [2.75, 3.05) is 36.5 Å². The van der Waals surface area contributed by atoms with Gasteiger partial charge < -0.3 is 14.4 Å². The highest BCUT2D eigenvalue weighted by Gasteiger charge is 2.15. The van der Waals surface area contributed by atoms with Gasteiger partial charge in [0, 0.05) is 35.4 Å². The number of hydrogen-bond donors (Lipinski definition) is 1. The third-order valence-corrected chi connectivity index (χ3v) is 5.84. The zero-order valence-corrected chi connectivity index (χ0v) is 19.6. The molecule has 1 aromatic heterocycles. The van der Waals surface area contributed by atoms with Crippen LogP contribution in [-0.4, -0.2) is 43.2 Å². The molecule has 36 heavy (non-hydrogen) atoms. The van der Waals surface area contributed by atoms with Crippen LogP contribution in [0.5, 0.6) is 5.75 Å². The molecule has 1 aliphatic heterocycles. The minimum atomic E-state index is -0.598. The largest absolute Gasteiger partial charge is 0.417 e. The number of hydrogen-bond acceptors (Lipinski definition) is 6. The van der Waals surface area contributed by atoms with E-state index >= 15 is 0 Å². The normalized spacial score (nSPS) is 13.6. The van der Waals surface area contributed by atoms with Crippen molar-refractivity contribution in [2.45, 2.75) is 0 Å². The second-order valence-corrected chi connectivity index (χ2v) is 8.29. The topological polar surface area (TPSA) is 80.8 Å². The monoisotopic (exact) mass is 479 g/mol.